The minimum absolute atomic E-state index is 0. The standard InChI is InChI=1S/C18H30N4O2.ClH/c1-3-4-10-16(13-19)21-17(23)11-12-20-18(24)22(2)14-15-8-6-5-7-9-15;/h5-9,16H,3-4,10-14,19H2,1-2H3,(H,20,24)(H,21,23);1H. The van der Waals surface area contributed by atoms with Crippen molar-refractivity contribution in [1.29, 1.82) is 0 Å². The zero-order valence-electron chi connectivity index (χ0n) is 15.2. The molecule has 0 aliphatic carbocycles. The van der Waals surface area contributed by atoms with Gasteiger partial charge in [-0.05, 0) is 12.0 Å². The number of carbonyl (C=O) groups excluding carboxylic acids is 2. The molecule has 0 fully saturated rings. The fraction of sp³-hybridized carbons (Fsp3) is 0.556. The van der Waals surface area contributed by atoms with Crippen LogP contribution in [0.1, 0.15) is 38.2 Å². The van der Waals surface area contributed by atoms with Crippen LogP contribution in [0.5, 0.6) is 0 Å². The van der Waals surface area contributed by atoms with Crippen LogP contribution in [0.15, 0.2) is 30.3 Å². The van der Waals surface area contributed by atoms with Gasteiger partial charge in [-0.1, -0.05) is 50.1 Å². The highest BCUT2D eigenvalue weighted by molar-refractivity contribution is 5.85. The predicted octanol–water partition coefficient (Wildman–Crippen LogP) is 2.27. The first-order valence-electron chi connectivity index (χ1n) is 8.59. The Balaban J connectivity index is 0.00000576. The van der Waals surface area contributed by atoms with Crippen LogP contribution < -0.4 is 16.4 Å². The molecule has 1 unspecified atom stereocenters. The van der Waals surface area contributed by atoms with E-state index in [0.29, 0.717) is 19.6 Å². The predicted molar refractivity (Wildman–Crippen MR) is 104 cm³/mol. The van der Waals surface area contributed by atoms with Crippen LogP contribution in [0.3, 0.4) is 0 Å². The number of amides is 3. The largest absolute Gasteiger partial charge is 0.352 e. The van der Waals surface area contributed by atoms with Crippen molar-refractivity contribution < 1.29 is 9.59 Å². The van der Waals surface area contributed by atoms with E-state index in [0.717, 1.165) is 24.8 Å². The molecule has 1 aromatic rings. The smallest absolute Gasteiger partial charge is 0.317 e. The molecule has 0 radical (unpaired) electrons. The lowest BCUT2D eigenvalue weighted by Crippen LogP contribution is -2.42. The number of halogens is 1. The average molecular weight is 371 g/mol. The summed E-state index contributed by atoms with van der Waals surface area (Å²) in [6, 6.07) is 9.61. The molecular weight excluding hydrogens is 340 g/mol. The monoisotopic (exact) mass is 370 g/mol. The number of nitrogens with two attached hydrogens (primary N) is 1. The molecule has 0 aliphatic heterocycles. The van der Waals surface area contributed by atoms with Gasteiger partial charge in [0.15, 0.2) is 0 Å². The summed E-state index contributed by atoms with van der Waals surface area (Å²) in [6.07, 6.45) is 3.28. The number of hydrogen-bond acceptors (Lipinski definition) is 3. The fourth-order valence-corrected chi connectivity index (χ4v) is 2.35. The summed E-state index contributed by atoms with van der Waals surface area (Å²) in [5, 5.41) is 5.68. The molecule has 0 aromatic heterocycles. The molecule has 6 nitrogen and oxygen atoms in total. The van der Waals surface area contributed by atoms with Gasteiger partial charge in [0, 0.05) is 39.1 Å². The van der Waals surface area contributed by atoms with E-state index >= 15 is 0 Å². The van der Waals surface area contributed by atoms with Gasteiger partial charge in [0.25, 0.3) is 0 Å². The molecular formula is C18H31ClN4O2. The zero-order valence-corrected chi connectivity index (χ0v) is 16.0. The lowest BCUT2D eigenvalue weighted by molar-refractivity contribution is -0.121. The zero-order chi connectivity index (χ0) is 17.8. The Hall–Kier alpha value is -1.79. The van der Waals surface area contributed by atoms with Crippen LogP contribution in [0.2, 0.25) is 0 Å². The molecule has 1 aromatic carbocycles. The van der Waals surface area contributed by atoms with Crippen molar-refractivity contribution in [3.63, 3.8) is 0 Å². The second-order valence-electron chi connectivity index (χ2n) is 5.97. The SMILES string of the molecule is CCCCC(CN)NC(=O)CCNC(=O)N(C)Cc1ccccc1.Cl. The second kappa shape index (κ2) is 13.5. The van der Waals surface area contributed by atoms with E-state index < -0.39 is 0 Å². The molecule has 25 heavy (non-hydrogen) atoms. The van der Waals surface area contributed by atoms with E-state index in [2.05, 4.69) is 17.6 Å². The number of nitrogens with zero attached hydrogens (tertiary/aromatic N) is 1. The fourth-order valence-electron chi connectivity index (χ4n) is 2.35. The highest BCUT2D eigenvalue weighted by Gasteiger charge is 2.12. The molecule has 0 bridgehead atoms. The molecule has 7 heteroatoms. The summed E-state index contributed by atoms with van der Waals surface area (Å²) < 4.78 is 0. The van der Waals surface area contributed by atoms with Gasteiger partial charge in [-0.25, -0.2) is 4.79 Å². The van der Waals surface area contributed by atoms with E-state index in [1.807, 2.05) is 30.3 Å². The van der Waals surface area contributed by atoms with Crippen LogP contribution in [0, 0.1) is 0 Å². The summed E-state index contributed by atoms with van der Waals surface area (Å²) in [5.74, 6) is -0.0763. The molecule has 0 spiro atoms. The van der Waals surface area contributed by atoms with Gasteiger partial charge < -0.3 is 21.3 Å². The molecule has 0 aliphatic rings. The van der Waals surface area contributed by atoms with Crippen LogP contribution >= 0.6 is 12.4 Å². The van der Waals surface area contributed by atoms with E-state index in [1.165, 1.54) is 0 Å². The van der Waals surface area contributed by atoms with Gasteiger partial charge in [-0.15, -0.1) is 12.4 Å². The Morgan fingerprint density at radius 2 is 1.92 bits per heavy atom. The molecule has 3 amide bonds. The third-order valence-corrected chi connectivity index (χ3v) is 3.79. The highest BCUT2D eigenvalue weighted by atomic mass is 35.5. The average Bonchev–Trinajstić information content (AvgIpc) is 2.59. The first-order chi connectivity index (χ1) is 11.6. The first kappa shape index (κ1) is 23.2. The van der Waals surface area contributed by atoms with Crippen LogP contribution in [-0.2, 0) is 11.3 Å². The van der Waals surface area contributed by atoms with Crippen molar-refractivity contribution in [2.24, 2.45) is 5.73 Å². The Labute approximate surface area is 156 Å². The van der Waals surface area contributed by atoms with Gasteiger partial charge in [0.05, 0.1) is 0 Å². The van der Waals surface area contributed by atoms with Crippen molar-refractivity contribution >= 4 is 24.3 Å². The van der Waals surface area contributed by atoms with E-state index in [4.69, 9.17) is 5.73 Å². The normalized spacial score (nSPS) is 11.2. The van der Waals surface area contributed by atoms with E-state index in [9.17, 15) is 9.59 Å². The Kier molecular flexibility index (Phi) is 12.5. The molecule has 4 N–H and O–H groups in total. The summed E-state index contributed by atoms with van der Waals surface area (Å²) in [7, 11) is 1.73. The Bertz CT molecular complexity index is 499. The minimum atomic E-state index is -0.187. The van der Waals surface area contributed by atoms with Crippen LogP contribution in [0.25, 0.3) is 0 Å². The topological polar surface area (TPSA) is 87.5 Å². The van der Waals surface area contributed by atoms with Crippen molar-refractivity contribution in [3.05, 3.63) is 35.9 Å². The third kappa shape index (κ3) is 9.94. The second-order valence-corrected chi connectivity index (χ2v) is 5.97. The lowest BCUT2D eigenvalue weighted by Gasteiger charge is -2.19. The molecule has 142 valence electrons. The molecule has 0 saturated carbocycles. The number of nitrogens with one attached hydrogen (secondary N) is 2. The quantitative estimate of drug-likeness (QED) is 0.590. The van der Waals surface area contributed by atoms with E-state index in [1.54, 1.807) is 11.9 Å². The number of hydrogen-bond donors (Lipinski definition) is 3. The number of unbranched alkanes of at least 4 members (excludes halogenated alkanes) is 1. The summed E-state index contributed by atoms with van der Waals surface area (Å²) in [4.78, 5) is 25.5. The van der Waals surface area contributed by atoms with Gasteiger partial charge in [0.2, 0.25) is 5.91 Å². The number of urea groups is 1. The van der Waals surface area contributed by atoms with Crippen LogP contribution in [0.4, 0.5) is 4.79 Å². The van der Waals surface area contributed by atoms with Crippen molar-refractivity contribution in [2.45, 2.75) is 45.2 Å². The number of benzene rings is 1. The highest BCUT2D eigenvalue weighted by Crippen LogP contribution is 2.02. The molecule has 1 atom stereocenters. The lowest BCUT2D eigenvalue weighted by atomic mass is 10.1. The molecule has 1 rings (SSSR count). The molecule has 0 heterocycles. The van der Waals surface area contributed by atoms with Crippen molar-refractivity contribution in [1.82, 2.24) is 15.5 Å². The summed E-state index contributed by atoms with van der Waals surface area (Å²) >= 11 is 0. The van der Waals surface area contributed by atoms with Gasteiger partial charge >= 0.3 is 6.03 Å². The van der Waals surface area contributed by atoms with Gasteiger partial charge in [0.1, 0.15) is 0 Å². The summed E-state index contributed by atoms with van der Waals surface area (Å²) in [5.41, 5.74) is 6.73. The van der Waals surface area contributed by atoms with Crippen molar-refractivity contribution in [2.75, 3.05) is 20.1 Å². The summed E-state index contributed by atoms with van der Waals surface area (Å²) in [6.45, 7) is 3.40. The van der Waals surface area contributed by atoms with Gasteiger partial charge in [-0.2, -0.15) is 0 Å². The first-order valence-corrected chi connectivity index (χ1v) is 8.59. The maximum atomic E-state index is 12.0. The van der Waals surface area contributed by atoms with E-state index in [-0.39, 0.29) is 36.8 Å². The maximum absolute atomic E-state index is 12.0. The Morgan fingerprint density at radius 1 is 1.24 bits per heavy atom. The van der Waals surface area contributed by atoms with Gasteiger partial charge in [-0.3, -0.25) is 4.79 Å². The maximum Gasteiger partial charge on any atom is 0.317 e. The van der Waals surface area contributed by atoms with Crippen molar-refractivity contribution in [3.8, 4) is 0 Å². The molecule has 0 saturated heterocycles. The number of carbonyl (C=O) groups is 2. The minimum Gasteiger partial charge on any atom is -0.352 e. The number of rotatable bonds is 10. The Morgan fingerprint density at radius 3 is 2.52 bits per heavy atom. The van der Waals surface area contributed by atoms with Crippen LogP contribution in [-0.4, -0.2) is 43.0 Å². The third-order valence-electron chi connectivity index (χ3n) is 3.79.